The highest BCUT2D eigenvalue weighted by Gasteiger charge is 2.17. The Hall–Kier alpha value is -2.89. The number of ether oxygens (including phenoxy) is 4. The van der Waals surface area contributed by atoms with Crippen LogP contribution in [0.4, 0.5) is 0 Å². The van der Waals surface area contributed by atoms with Crippen molar-refractivity contribution in [3.63, 3.8) is 0 Å². The van der Waals surface area contributed by atoms with E-state index in [0.717, 1.165) is 11.3 Å². The Morgan fingerprint density at radius 3 is 2.44 bits per heavy atom. The summed E-state index contributed by atoms with van der Waals surface area (Å²) in [7, 11) is 3.10. The molecule has 1 N–H and O–H groups in total. The van der Waals surface area contributed by atoms with Crippen LogP contribution in [0.3, 0.4) is 0 Å². The summed E-state index contributed by atoms with van der Waals surface area (Å²) in [5.41, 5.74) is 1.44. The van der Waals surface area contributed by atoms with Crippen LogP contribution in [-0.2, 0) is 0 Å². The third-order valence-corrected chi connectivity index (χ3v) is 4.06. The van der Waals surface area contributed by atoms with Crippen LogP contribution in [0.2, 0.25) is 0 Å². The molecule has 2 aromatic rings. The summed E-state index contributed by atoms with van der Waals surface area (Å²) in [6, 6.07) is 10.6. The average Bonchev–Trinajstić information content (AvgIpc) is 2.66. The molecule has 0 aromatic heterocycles. The van der Waals surface area contributed by atoms with E-state index in [0.29, 0.717) is 36.0 Å². The van der Waals surface area contributed by atoms with Crippen LogP contribution in [0.1, 0.15) is 28.9 Å². The van der Waals surface area contributed by atoms with E-state index in [4.69, 9.17) is 18.9 Å². The van der Waals surface area contributed by atoms with E-state index in [-0.39, 0.29) is 11.9 Å². The van der Waals surface area contributed by atoms with Crippen molar-refractivity contribution < 1.29 is 23.7 Å². The number of hydrogen-bond donors (Lipinski definition) is 1. The van der Waals surface area contributed by atoms with Crippen molar-refractivity contribution in [2.24, 2.45) is 0 Å². The maximum Gasteiger partial charge on any atom is 0.251 e. The third kappa shape index (κ3) is 3.63. The summed E-state index contributed by atoms with van der Waals surface area (Å²) in [6.45, 7) is 3.00. The largest absolute Gasteiger partial charge is 0.493 e. The van der Waals surface area contributed by atoms with Gasteiger partial charge < -0.3 is 24.3 Å². The average molecular weight is 343 g/mol. The SMILES string of the molecule is COc1ccc(C(=O)N[C@@H](C)c2ccc3c(c2)OCCO3)cc1OC. The second-order valence-electron chi connectivity index (χ2n) is 5.67. The van der Waals surface area contributed by atoms with E-state index in [2.05, 4.69) is 5.32 Å². The van der Waals surface area contributed by atoms with Crippen LogP contribution < -0.4 is 24.3 Å². The second-order valence-corrected chi connectivity index (χ2v) is 5.67. The van der Waals surface area contributed by atoms with Gasteiger partial charge in [-0.2, -0.15) is 0 Å². The topological polar surface area (TPSA) is 66.0 Å². The second kappa shape index (κ2) is 7.34. The fourth-order valence-electron chi connectivity index (χ4n) is 2.67. The van der Waals surface area contributed by atoms with Crippen LogP contribution >= 0.6 is 0 Å². The van der Waals surface area contributed by atoms with Crippen molar-refractivity contribution in [3.8, 4) is 23.0 Å². The fourth-order valence-corrected chi connectivity index (χ4v) is 2.67. The molecule has 0 unspecified atom stereocenters. The Labute approximate surface area is 146 Å². The molecule has 0 spiro atoms. The first-order valence-electron chi connectivity index (χ1n) is 8.05. The highest BCUT2D eigenvalue weighted by atomic mass is 16.6. The van der Waals surface area contributed by atoms with Gasteiger partial charge in [0.1, 0.15) is 13.2 Å². The van der Waals surface area contributed by atoms with E-state index < -0.39 is 0 Å². The predicted octanol–water partition coefficient (Wildman–Crippen LogP) is 2.97. The summed E-state index contributed by atoms with van der Waals surface area (Å²) in [6.07, 6.45) is 0. The van der Waals surface area contributed by atoms with Crippen molar-refractivity contribution >= 4 is 5.91 Å². The van der Waals surface area contributed by atoms with Crippen LogP contribution in [0.15, 0.2) is 36.4 Å². The third-order valence-electron chi connectivity index (χ3n) is 4.06. The maximum absolute atomic E-state index is 12.5. The number of carbonyl (C=O) groups excluding carboxylic acids is 1. The van der Waals surface area contributed by atoms with Crippen LogP contribution in [0.5, 0.6) is 23.0 Å². The zero-order valence-corrected chi connectivity index (χ0v) is 14.5. The fraction of sp³-hybridized carbons (Fsp3) is 0.316. The zero-order chi connectivity index (χ0) is 17.8. The van der Waals surface area contributed by atoms with Gasteiger partial charge in [0.25, 0.3) is 5.91 Å². The van der Waals surface area contributed by atoms with Gasteiger partial charge in [0, 0.05) is 5.56 Å². The Kier molecular flexibility index (Phi) is 4.97. The quantitative estimate of drug-likeness (QED) is 0.904. The van der Waals surface area contributed by atoms with Crippen molar-refractivity contribution in [2.45, 2.75) is 13.0 Å². The predicted molar refractivity (Wildman–Crippen MR) is 92.9 cm³/mol. The number of rotatable bonds is 5. The molecule has 1 aliphatic rings. The van der Waals surface area contributed by atoms with Gasteiger partial charge in [-0.1, -0.05) is 6.07 Å². The van der Waals surface area contributed by atoms with E-state index in [1.54, 1.807) is 25.3 Å². The van der Waals surface area contributed by atoms with E-state index >= 15 is 0 Å². The minimum absolute atomic E-state index is 0.184. The van der Waals surface area contributed by atoms with Crippen molar-refractivity contribution in [2.75, 3.05) is 27.4 Å². The Balaban J connectivity index is 1.74. The molecule has 132 valence electrons. The molecule has 1 heterocycles. The summed E-state index contributed by atoms with van der Waals surface area (Å²) in [5, 5.41) is 2.98. The molecule has 6 nitrogen and oxygen atoms in total. The van der Waals surface area contributed by atoms with E-state index in [1.165, 1.54) is 7.11 Å². The smallest absolute Gasteiger partial charge is 0.251 e. The van der Waals surface area contributed by atoms with Crippen LogP contribution in [0.25, 0.3) is 0 Å². The number of methoxy groups -OCH3 is 2. The molecule has 25 heavy (non-hydrogen) atoms. The zero-order valence-electron chi connectivity index (χ0n) is 14.5. The lowest BCUT2D eigenvalue weighted by Crippen LogP contribution is -2.27. The number of hydrogen-bond acceptors (Lipinski definition) is 5. The van der Waals surface area contributed by atoms with Gasteiger partial charge in [0.2, 0.25) is 0 Å². The van der Waals surface area contributed by atoms with Gasteiger partial charge in [-0.3, -0.25) is 4.79 Å². The molecule has 0 saturated heterocycles. The standard InChI is InChI=1S/C19H21NO5/c1-12(13-4-7-16-18(10-13)25-9-8-24-16)20-19(21)14-5-6-15(22-2)17(11-14)23-3/h4-7,10-12H,8-9H2,1-3H3,(H,20,21)/t12-/m0/s1. The van der Waals surface area contributed by atoms with Crippen molar-refractivity contribution in [1.82, 2.24) is 5.32 Å². The number of carbonyl (C=O) groups is 1. The van der Waals surface area contributed by atoms with Gasteiger partial charge in [-0.15, -0.1) is 0 Å². The maximum atomic E-state index is 12.5. The molecule has 0 fully saturated rings. The number of benzene rings is 2. The molecule has 1 aliphatic heterocycles. The minimum Gasteiger partial charge on any atom is -0.493 e. The lowest BCUT2D eigenvalue weighted by atomic mass is 10.1. The number of nitrogens with one attached hydrogen (secondary N) is 1. The van der Waals surface area contributed by atoms with Crippen molar-refractivity contribution in [1.29, 1.82) is 0 Å². The first-order valence-corrected chi connectivity index (χ1v) is 8.05. The van der Waals surface area contributed by atoms with Gasteiger partial charge in [0.15, 0.2) is 23.0 Å². The van der Waals surface area contributed by atoms with Gasteiger partial charge in [0.05, 0.1) is 20.3 Å². The first-order chi connectivity index (χ1) is 12.1. The van der Waals surface area contributed by atoms with Crippen LogP contribution in [-0.4, -0.2) is 33.3 Å². The molecule has 1 amide bonds. The number of fused-ring (bicyclic) bond motifs is 1. The molecule has 0 aliphatic carbocycles. The lowest BCUT2D eigenvalue weighted by Gasteiger charge is -2.21. The Morgan fingerprint density at radius 2 is 1.72 bits per heavy atom. The van der Waals surface area contributed by atoms with Crippen LogP contribution in [0, 0.1) is 0 Å². The first kappa shape index (κ1) is 17.0. The molecule has 1 atom stereocenters. The monoisotopic (exact) mass is 343 g/mol. The highest BCUT2D eigenvalue weighted by molar-refractivity contribution is 5.95. The molecule has 2 aromatic carbocycles. The van der Waals surface area contributed by atoms with E-state index in [1.807, 2.05) is 25.1 Å². The lowest BCUT2D eigenvalue weighted by molar-refractivity contribution is 0.0939. The Bertz CT molecular complexity index is 774. The van der Waals surface area contributed by atoms with Gasteiger partial charge >= 0.3 is 0 Å². The summed E-state index contributed by atoms with van der Waals surface area (Å²) < 4.78 is 21.5. The molecular formula is C19H21NO5. The van der Waals surface area contributed by atoms with Gasteiger partial charge in [-0.25, -0.2) is 0 Å². The summed E-state index contributed by atoms with van der Waals surface area (Å²) in [4.78, 5) is 12.5. The van der Waals surface area contributed by atoms with E-state index in [9.17, 15) is 4.79 Å². The Morgan fingerprint density at radius 1 is 1.00 bits per heavy atom. The molecular weight excluding hydrogens is 322 g/mol. The van der Waals surface area contributed by atoms with Crippen molar-refractivity contribution in [3.05, 3.63) is 47.5 Å². The van der Waals surface area contributed by atoms with Gasteiger partial charge in [-0.05, 0) is 42.8 Å². The molecule has 3 rings (SSSR count). The summed E-state index contributed by atoms with van der Waals surface area (Å²) >= 11 is 0. The minimum atomic E-state index is -0.191. The normalized spacial score (nSPS) is 13.7. The number of amides is 1. The highest BCUT2D eigenvalue weighted by Crippen LogP contribution is 2.33. The molecule has 6 heteroatoms. The molecule has 0 saturated carbocycles. The summed E-state index contributed by atoms with van der Waals surface area (Å²) in [5.74, 6) is 2.34. The molecule has 0 bridgehead atoms. The molecule has 0 radical (unpaired) electrons.